The second kappa shape index (κ2) is 4.61. The van der Waals surface area contributed by atoms with Gasteiger partial charge in [-0.15, -0.1) is 0 Å². The lowest BCUT2D eigenvalue weighted by Crippen LogP contribution is -2.12. The third kappa shape index (κ3) is 2.57. The first kappa shape index (κ1) is 11.1. The fourth-order valence-electron chi connectivity index (χ4n) is 1.31. The van der Waals surface area contributed by atoms with Crippen molar-refractivity contribution in [2.75, 3.05) is 5.32 Å². The molecule has 1 heterocycles. The van der Waals surface area contributed by atoms with Gasteiger partial charge in [-0.05, 0) is 30.3 Å². The highest BCUT2D eigenvalue weighted by Crippen LogP contribution is 2.16. The Hall–Kier alpha value is -2.43. The molecule has 0 aliphatic carbocycles. The lowest BCUT2D eigenvalue weighted by Gasteiger charge is -2.05. The minimum Gasteiger partial charge on any atom is -0.505 e. The Morgan fingerprint density at radius 2 is 1.94 bits per heavy atom. The Bertz CT molecular complexity index is 540. The summed E-state index contributed by atoms with van der Waals surface area (Å²) in [6.07, 6.45) is 2.58. The van der Waals surface area contributed by atoms with E-state index in [0.717, 1.165) is 0 Å². The fourth-order valence-corrected chi connectivity index (χ4v) is 1.31. The van der Waals surface area contributed by atoms with Gasteiger partial charge in [0, 0.05) is 11.9 Å². The summed E-state index contributed by atoms with van der Waals surface area (Å²) in [4.78, 5) is 15.4. The maximum absolute atomic E-state index is 12.7. The molecule has 1 aromatic carbocycles. The number of pyridine rings is 1. The van der Waals surface area contributed by atoms with Crippen molar-refractivity contribution >= 4 is 11.6 Å². The molecule has 2 aromatic rings. The van der Waals surface area contributed by atoms with Crippen molar-refractivity contribution in [3.8, 4) is 5.75 Å². The highest BCUT2D eigenvalue weighted by molar-refractivity contribution is 6.05. The summed E-state index contributed by atoms with van der Waals surface area (Å²) in [5, 5.41) is 12.0. The molecule has 0 bridgehead atoms. The number of halogens is 1. The van der Waals surface area contributed by atoms with E-state index in [0.29, 0.717) is 5.69 Å². The summed E-state index contributed by atoms with van der Waals surface area (Å²) in [5.41, 5.74) is 0.567. The van der Waals surface area contributed by atoms with Crippen LogP contribution >= 0.6 is 0 Å². The summed E-state index contributed by atoms with van der Waals surface area (Å²) in [6, 6.07) is 6.75. The molecule has 0 atom stereocenters. The summed E-state index contributed by atoms with van der Waals surface area (Å²) in [7, 11) is 0. The first-order valence-corrected chi connectivity index (χ1v) is 4.87. The number of nitrogens with one attached hydrogen (secondary N) is 1. The maximum Gasteiger partial charge on any atom is 0.259 e. The quantitative estimate of drug-likeness (QED) is 0.834. The van der Waals surface area contributed by atoms with Crippen LogP contribution in [-0.2, 0) is 0 Å². The van der Waals surface area contributed by atoms with Crippen LogP contribution in [0, 0.1) is 5.82 Å². The van der Waals surface area contributed by atoms with Crippen LogP contribution in [0.15, 0.2) is 42.7 Å². The molecule has 1 amide bonds. The maximum atomic E-state index is 12.7. The van der Waals surface area contributed by atoms with Crippen molar-refractivity contribution in [2.45, 2.75) is 0 Å². The number of benzene rings is 1. The molecule has 0 spiro atoms. The lowest BCUT2D eigenvalue weighted by molar-refractivity contribution is 0.102. The predicted octanol–water partition coefficient (Wildman–Crippen LogP) is 2.18. The number of rotatable bonds is 2. The third-order valence-corrected chi connectivity index (χ3v) is 2.15. The van der Waals surface area contributed by atoms with Crippen LogP contribution in [0.3, 0.4) is 0 Å². The number of carbonyl (C=O) groups is 1. The van der Waals surface area contributed by atoms with E-state index in [9.17, 15) is 14.3 Å². The Balaban J connectivity index is 2.17. The van der Waals surface area contributed by atoms with E-state index in [2.05, 4.69) is 10.3 Å². The van der Waals surface area contributed by atoms with Crippen LogP contribution in [0.25, 0.3) is 0 Å². The SMILES string of the molecule is O=C(Nc1ccc(F)cc1)c1ccncc1O. The van der Waals surface area contributed by atoms with Gasteiger partial charge in [0.15, 0.2) is 0 Å². The first-order chi connectivity index (χ1) is 8.16. The van der Waals surface area contributed by atoms with Gasteiger partial charge in [0.2, 0.25) is 0 Å². The number of carbonyl (C=O) groups excluding carboxylic acids is 1. The Kier molecular flexibility index (Phi) is 3.00. The fraction of sp³-hybridized carbons (Fsp3) is 0. The zero-order valence-electron chi connectivity index (χ0n) is 8.72. The van der Waals surface area contributed by atoms with Gasteiger partial charge in [0.25, 0.3) is 5.91 Å². The van der Waals surface area contributed by atoms with E-state index in [4.69, 9.17) is 0 Å². The highest BCUT2D eigenvalue weighted by atomic mass is 19.1. The largest absolute Gasteiger partial charge is 0.505 e. The summed E-state index contributed by atoms with van der Waals surface area (Å²) < 4.78 is 12.7. The van der Waals surface area contributed by atoms with Gasteiger partial charge in [-0.25, -0.2) is 4.39 Å². The van der Waals surface area contributed by atoms with Crippen molar-refractivity contribution in [3.05, 3.63) is 54.1 Å². The molecule has 0 aliphatic rings. The van der Waals surface area contributed by atoms with Crippen LogP contribution in [0.2, 0.25) is 0 Å². The minimum absolute atomic E-state index is 0.115. The number of nitrogens with zero attached hydrogens (tertiary/aromatic N) is 1. The van der Waals surface area contributed by atoms with Gasteiger partial charge in [-0.3, -0.25) is 9.78 Å². The second-order valence-corrected chi connectivity index (χ2v) is 3.35. The predicted molar refractivity (Wildman–Crippen MR) is 60.3 cm³/mol. The van der Waals surface area contributed by atoms with Crippen molar-refractivity contribution in [1.29, 1.82) is 0 Å². The van der Waals surface area contributed by atoms with Crippen molar-refractivity contribution in [3.63, 3.8) is 0 Å². The van der Waals surface area contributed by atoms with Crippen LogP contribution < -0.4 is 5.32 Å². The molecule has 2 rings (SSSR count). The number of hydrogen-bond acceptors (Lipinski definition) is 3. The highest BCUT2D eigenvalue weighted by Gasteiger charge is 2.10. The van der Waals surface area contributed by atoms with Crippen LogP contribution in [0.1, 0.15) is 10.4 Å². The summed E-state index contributed by atoms with van der Waals surface area (Å²) in [5.74, 6) is -1.06. The molecule has 0 saturated carbocycles. The Labute approximate surface area is 96.7 Å². The van der Waals surface area contributed by atoms with Crippen LogP contribution in [-0.4, -0.2) is 16.0 Å². The molecule has 0 aliphatic heterocycles. The molecule has 0 fully saturated rings. The lowest BCUT2D eigenvalue weighted by atomic mass is 10.2. The summed E-state index contributed by atoms with van der Waals surface area (Å²) in [6.45, 7) is 0. The normalized spacial score (nSPS) is 9.94. The molecule has 86 valence electrons. The van der Waals surface area contributed by atoms with Crippen LogP contribution in [0.5, 0.6) is 5.75 Å². The Morgan fingerprint density at radius 1 is 1.24 bits per heavy atom. The Morgan fingerprint density at radius 3 is 2.59 bits per heavy atom. The number of anilines is 1. The molecule has 17 heavy (non-hydrogen) atoms. The molecule has 0 radical (unpaired) electrons. The van der Waals surface area contributed by atoms with E-state index < -0.39 is 5.91 Å². The van der Waals surface area contributed by atoms with Crippen molar-refractivity contribution in [1.82, 2.24) is 4.98 Å². The molecular formula is C12H9FN2O2. The van der Waals surface area contributed by atoms with Crippen molar-refractivity contribution in [2.24, 2.45) is 0 Å². The van der Waals surface area contributed by atoms with Gasteiger partial charge < -0.3 is 10.4 Å². The van der Waals surface area contributed by atoms with E-state index >= 15 is 0 Å². The molecule has 0 saturated heterocycles. The number of aromatic nitrogens is 1. The standard InChI is InChI=1S/C12H9FN2O2/c13-8-1-3-9(4-2-8)15-12(17)10-5-6-14-7-11(10)16/h1-7,16H,(H,15,17). The van der Waals surface area contributed by atoms with Gasteiger partial charge >= 0.3 is 0 Å². The number of aromatic hydroxyl groups is 1. The van der Waals surface area contributed by atoms with Gasteiger partial charge in [-0.1, -0.05) is 0 Å². The first-order valence-electron chi connectivity index (χ1n) is 4.87. The number of hydrogen-bond donors (Lipinski definition) is 2. The third-order valence-electron chi connectivity index (χ3n) is 2.15. The molecular weight excluding hydrogens is 223 g/mol. The number of amides is 1. The second-order valence-electron chi connectivity index (χ2n) is 3.35. The zero-order valence-corrected chi connectivity index (χ0v) is 8.72. The van der Waals surface area contributed by atoms with E-state index in [1.807, 2.05) is 0 Å². The summed E-state index contributed by atoms with van der Waals surface area (Å²) >= 11 is 0. The zero-order chi connectivity index (χ0) is 12.3. The molecule has 4 nitrogen and oxygen atoms in total. The van der Waals surface area contributed by atoms with E-state index in [1.165, 1.54) is 42.7 Å². The average molecular weight is 232 g/mol. The average Bonchev–Trinajstić information content (AvgIpc) is 2.32. The van der Waals surface area contributed by atoms with Gasteiger partial charge in [-0.2, -0.15) is 0 Å². The van der Waals surface area contributed by atoms with E-state index in [1.54, 1.807) is 0 Å². The van der Waals surface area contributed by atoms with Gasteiger partial charge in [0.1, 0.15) is 11.6 Å². The van der Waals surface area contributed by atoms with Crippen LogP contribution in [0.4, 0.5) is 10.1 Å². The van der Waals surface area contributed by atoms with E-state index in [-0.39, 0.29) is 17.1 Å². The molecule has 5 heteroatoms. The molecule has 0 unspecified atom stereocenters. The monoisotopic (exact) mass is 232 g/mol. The van der Waals surface area contributed by atoms with Gasteiger partial charge in [0.05, 0.1) is 11.8 Å². The minimum atomic E-state index is -0.475. The molecule has 1 aromatic heterocycles. The topological polar surface area (TPSA) is 62.2 Å². The van der Waals surface area contributed by atoms with Crippen molar-refractivity contribution < 1.29 is 14.3 Å². The molecule has 2 N–H and O–H groups in total. The smallest absolute Gasteiger partial charge is 0.259 e.